The third-order valence-corrected chi connectivity index (χ3v) is 3.82. The lowest BCUT2D eigenvalue weighted by Gasteiger charge is -2.21. The Morgan fingerprint density at radius 1 is 1.35 bits per heavy atom. The maximum Gasteiger partial charge on any atom is 0.219 e. The van der Waals surface area contributed by atoms with Gasteiger partial charge in [0.1, 0.15) is 10.9 Å². The average molecular weight is 337 g/mol. The first kappa shape index (κ1) is 17.5. The summed E-state index contributed by atoms with van der Waals surface area (Å²) in [6.45, 7) is 5.47. The van der Waals surface area contributed by atoms with Crippen molar-refractivity contribution in [2.45, 2.75) is 20.4 Å². The van der Waals surface area contributed by atoms with E-state index in [4.69, 9.17) is 21.1 Å². The molecular formula is C17H21ClN2O3. The molecule has 0 aliphatic rings. The number of amides is 1. The Balaban J connectivity index is 2.31. The zero-order chi connectivity index (χ0) is 16.8. The monoisotopic (exact) mass is 336 g/mol. The number of nitrogens with zero attached hydrogens (tertiary/aromatic N) is 2. The maximum absolute atomic E-state index is 11.8. The number of carbonyl (C=O) groups excluding carboxylic acids is 1. The number of benzene rings is 1. The minimum absolute atomic E-state index is 0.0266. The fourth-order valence-corrected chi connectivity index (χ4v) is 2.50. The fourth-order valence-electron chi connectivity index (χ4n) is 2.30. The SMILES string of the molecule is CCOc1ccc2nc(Cl)c(CN(CCOC)C(C)=O)cc2c1. The molecule has 0 bridgehead atoms. The van der Waals surface area contributed by atoms with E-state index >= 15 is 0 Å². The lowest BCUT2D eigenvalue weighted by Crippen LogP contribution is -2.31. The standard InChI is InChI=1S/C17H21ClN2O3/c1-4-23-15-5-6-16-13(10-15)9-14(17(18)19-16)11-20(12(2)21)7-8-22-3/h5-6,9-10H,4,7-8,11H2,1-3H3. The van der Waals surface area contributed by atoms with Crippen molar-refractivity contribution in [3.8, 4) is 5.75 Å². The highest BCUT2D eigenvalue weighted by molar-refractivity contribution is 6.30. The number of fused-ring (bicyclic) bond motifs is 1. The molecule has 0 fully saturated rings. The molecule has 0 N–H and O–H groups in total. The van der Waals surface area contributed by atoms with Crippen molar-refractivity contribution >= 4 is 28.4 Å². The van der Waals surface area contributed by atoms with Gasteiger partial charge in [-0.05, 0) is 31.2 Å². The number of hydrogen-bond acceptors (Lipinski definition) is 4. The lowest BCUT2D eigenvalue weighted by atomic mass is 10.1. The zero-order valence-electron chi connectivity index (χ0n) is 13.6. The number of ether oxygens (including phenoxy) is 2. The smallest absolute Gasteiger partial charge is 0.219 e. The van der Waals surface area contributed by atoms with Gasteiger partial charge in [-0.15, -0.1) is 0 Å². The van der Waals surface area contributed by atoms with Gasteiger partial charge in [-0.3, -0.25) is 4.79 Å². The van der Waals surface area contributed by atoms with E-state index in [1.54, 1.807) is 12.0 Å². The summed E-state index contributed by atoms with van der Waals surface area (Å²) in [5, 5.41) is 1.34. The van der Waals surface area contributed by atoms with Gasteiger partial charge in [-0.25, -0.2) is 4.98 Å². The Bertz CT molecular complexity index is 691. The molecule has 1 aromatic carbocycles. The second-order valence-corrected chi connectivity index (χ2v) is 5.52. The van der Waals surface area contributed by atoms with Gasteiger partial charge in [0, 0.05) is 38.1 Å². The summed E-state index contributed by atoms with van der Waals surface area (Å²) >= 11 is 6.28. The van der Waals surface area contributed by atoms with Crippen LogP contribution < -0.4 is 4.74 Å². The zero-order valence-corrected chi connectivity index (χ0v) is 14.4. The number of hydrogen-bond donors (Lipinski definition) is 0. The van der Waals surface area contributed by atoms with Gasteiger partial charge in [0.25, 0.3) is 0 Å². The van der Waals surface area contributed by atoms with E-state index in [1.165, 1.54) is 6.92 Å². The summed E-state index contributed by atoms with van der Waals surface area (Å²) in [5.74, 6) is 0.763. The minimum Gasteiger partial charge on any atom is -0.494 e. The van der Waals surface area contributed by atoms with Gasteiger partial charge in [0.05, 0.1) is 18.7 Å². The van der Waals surface area contributed by atoms with Gasteiger partial charge < -0.3 is 14.4 Å². The lowest BCUT2D eigenvalue weighted by molar-refractivity contribution is -0.130. The molecule has 2 aromatic rings. The van der Waals surface area contributed by atoms with E-state index < -0.39 is 0 Å². The molecule has 23 heavy (non-hydrogen) atoms. The average Bonchev–Trinajstić information content (AvgIpc) is 2.52. The topological polar surface area (TPSA) is 51.7 Å². The normalized spacial score (nSPS) is 10.8. The molecule has 6 heteroatoms. The first-order chi connectivity index (χ1) is 11.0. The van der Waals surface area contributed by atoms with Crippen molar-refractivity contribution in [3.63, 3.8) is 0 Å². The third kappa shape index (κ3) is 4.56. The fraction of sp³-hybridized carbons (Fsp3) is 0.412. The summed E-state index contributed by atoms with van der Waals surface area (Å²) in [7, 11) is 1.61. The quantitative estimate of drug-likeness (QED) is 0.728. The van der Waals surface area contributed by atoms with Crippen LogP contribution in [0.25, 0.3) is 10.9 Å². The van der Waals surface area contributed by atoms with Crippen molar-refractivity contribution in [2.75, 3.05) is 26.9 Å². The molecule has 1 aromatic heterocycles. The van der Waals surface area contributed by atoms with Gasteiger partial charge in [0.15, 0.2) is 0 Å². The first-order valence-corrected chi connectivity index (χ1v) is 7.89. The van der Waals surface area contributed by atoms with Crippen LogP contribution in [0.3, 0.4) is 0 Å². The number of carbonyl (C=O) groups is 1. The summed E-state index contributed by atoms with van der Waals surface area (Å²) in [6.07, 6.45) is 0. The van der Waals surface area contributed by atoms with Crippen LogP contribution in [0, 0.1) is 0 Å². The molecule has 0 saturated carbocycles. The molecular weight excluding hydrogens is 316 g/mol. The van der Waals surface area contributed by atoms with Crippen LogP contribution in [0.2, 0.25) is 5.15 Å². The first-order valence-electron chi connectivity index (χ1n) is 7.51. The van der Waals surface area contributed by atoms with Crippen molar-refractivity contribution in [1.82, 2.24) is 9.88 Å². The predicted octanol–water partition coefficient (Wildman–Crippen LogP) is 3.28. The van der Waals surface area contributed by atoms with Crippen LogP contribution in [0.1, 0.15) is 19.4 Å². The molecule has 0 aliphatic carbocycles. The van der Waals surface area contributed by atoms with Crippen LogP contribution >= 0.6 is 11.6 Å². The second-order valence-electron chi connectivity index (χ2n) is 5.16. The van der Waals surface area contributed by atoms with E-state index in [2.05, 4.69) is 4.98 Å². The van der Waals surface area contributed by atoms with Crippen molar-refractivity contribution in [2.24, 2.45) is 0 Å². The van der Waals surface area contributed by atoms with Crippen LogP contribution in [-0.2, 0) is 16.1 Å². The predicted molar refractivity (Wildman–Crippen MR) is 90.9 cm³/mol. The number of pyridine rings is 1. The molecule has 0 atom stereocenters. The summed E-state index contributed by atoms with van der Waals surface area (Å²) in [6, 6.07) is 7.63. The number of methoxy groups -OCH3 is 1. The van der Waals surface area contributed by atoms with E-state index in [-0.39, 0.29) is 5.91 Å². The van der Waals surface area contributed by atoms with Crippen molar-refractivity contribution in [3.05, 3.63) is 35.0 Å². The molecule has 0 aliphatic heterocycles. The van der Waals surface area contributed by atoms with Crippen LogP contribution in [0.15, 0.2) is 24.3 Å². The van der Waals surface area contributed by atoms with E-state index in [0.29, 0.717) is 31.5 Å². The van der Waals surface area contributed by atoms with Gasteiger partial charge in [-0.1, -0.05) is 11.6 Å². The van der Waals surface area contributed by atoms with E-state index in [1.807, 2.05) is 31.2 Å². The Morgan fingerprint density at radius 2 is 2.13 bits per heavy atom. The van der Waals surface area contributed by atoms with Crippen molar-refractivity contribution in [1.29, 1.82) is 0 Å². The number of halogens is 1. The van der Waals surface area contributed by atoms with E-state index in [9.17, 15) is 4.79 Å². The Morgan fingerprint density at radius 3 is 2.78 bits per heavy atom. The molecule has 2 rings (SSSR count). The molecule has 1 amide bonds. The van der Waals surface area contributed by atoms with Gasteiger partial charge in [0.2, 0.25) is 5.91 Å². The second kappa shape index (κ2) is 8.13. The molecule has 0 spiro atoms. The van der Waals surface area contributed by atoms with Crippen LogP contribution in [-0.4, -0.2) is 42.7 Å². The summed E-state index contributed by atoms with van der Waals surface area (Å²) < 4.78 is 10.6. The summed E-state index contributed by atoms with van der Waals surface area (Å²) in [4.78, 5) is 17.9. The highest BCUT2D eigenvalue weighted by atomic mass is 35.5. The molecule has 5 nitrogen and oxygen atoms in total. The molecule has 124 valence electrons. The Hall–Kier alpha value is -1.85. The Labute approximate surface area is 141 Å². The van der Waals surface area contributed by atoms with E-state index in [0.717, 1.165) is 22.2 Å². The number of aromatic nitrogens is 1. The highest BCUT2D eigenvalue weighted by Gasteiger charge is 2.13. The summed E-state index contributed by atoms with van der Waals surface area (Å²) in [5.41, 5.74) is 1.60. The van der Waals surface area contributed by atoms with Crippen molar-refractivity contribution < 1.29 is 14.3 Å². The Kier molecular flexibility index (Phi) is 6.19. The molecule has 0 saturated heterocycles. The molecule has 0 unspecified atom stereocenters. The van der Waals surface area contributed by atoms with Crippen LogP contribution in [0.4, 0.5) is 0 Å². The molecule has 1 heterocycles. The number of rotatable bonds is 7. The minimum atomic E-state index is -0.0266. The van der Waals surface area contributed by atoms with Gasteiger partial charge in [-0.2, -0.15) is 0 Å². The third-order valence-electron chi connectivity index (χ3n) is 3.50. The maximum atomic E-state index is 11.8. The van der Waals surface area contributed by atoms with Gasteiger partial charge >= 0.3 is 0 Å². The molecule has 0 radical (unpaired) electrons. The van der Waals surface area contributed by atoms with Crippen LogP contribution in [0.5, 0.6) is 5.75 Å². The highest BCUT2D eigenvalue weighted by Crippen LogP contribution is 2.25. The largest absolute Gasteiger partial charge is 0.494 e.